The van der Waals surface area contributed by atoms with E-state index in [0.717, 1.165) is 29.1 Å². The minimum Gasteiger partial charge on any atom is -0.508 e. The summed E-state index contributed by atoms with van der Waals surface area (Å²) in [4.78, 5) is 8.70. The fourth-order valence-corrected chi connectivity index (χ4v) is 1.61. The van der Waals surface area contributed by atoms with E-state index >= 15 is 0 Å². The molecule has 0 amide bonds. The molecule has 0 bridgehead atoms. The molecule has 3 heteroatoms. The molecule has 82 valence electrons. The molecular weight excluding hydrogens is 200 g/mol. The van der Waals surface area contributed by atoms with Crippen molar-refractivity contribution in [1.29, 1.82) is 0 Å². The quantitative estimate of drug-likeness (QED) is 0.836. The van der Waals surface area contributed by atoms with Gasteiger partial charge < -0.3 is 5.11 Å². The Labute approximate surface area is 94.8 Å². The van der Waals surface area contributed by atoms with Gasteiger partial charge in [-0.2, -0.15) is 0 Å². The van der Waals surface area contributed by atoms with E-state index in [1.165, 1.54) is 0 Å². The summed E-state index contributed by atoms with van der Waals surface area (Å²) in [6.07, 6.45) is 2.68. The van der Waals surface area contributed by atoms with Gasteiger partial charge in [0.15, 0.2) is 0 Å². The first-order chi connectivity index (χ1) is 7.70. The van der Waals surface area contributed by atoms with Crippen LogP contribution in [0.15, 0.2) is 30.5 Å². The fourth-order valence-electron chi connectivity index (χ4n) is 1.61. The Balaban J connectivity index is 2.44. The van der Waals surface area contributed by atoms with Crippen molar-refractivity contribution in [2.45, 2.75) is 20.3 Å². The highest BCUT2D eigenvalue weighted by Crippen LogP contribution is 2.23. The Hall–Kier alpha value is -1.90. The van der Waals surface area contributed by atoms with Gasteiger partial charge in [0.25, 0.3) is 0 Å². The summed E-state index contributed by atoms with van der Waals surface area (Å²) in [5.74, 6) is 1.13. The fraction of sp³-hybridized carbons (Fsp3) is 0.231. The van der Waals surface area contributed by atoms with Crippen LogP contribution >= 0.6 is 0 Å². The van der Waals surface area contributed by atoms with Crippen molar-refractivity contribution >= 4 is 0 Å². The average Bonchev–Trinajstić information content (AvgIpc) is 2.30. The first-order valence-corrected chi connectivity index (χ1v) is 5.32. The minimum atomic E-state index is 0.271. The van der Waals surface area contributed by atoms with E-state index < -0.39 is 0 Å². The van der Waals surface area contributed by atoms with Crippen LogP contribution < -0.4 is 0 Å². The van der Waals surface area contributed by atoms with Crippen molar-refractivity contribution in [2.24, 2.45) is 0 Å². The molecule has 16 heavy (non-hydrogen) atoms. The molecule has 0 aliphatic carbocycles. The number of aromatic hydroxyl groups is 1. The summed E-state index contributed by atoms with van der Waals surface area (Å²) in [5.41, 5.74) is 3.01. The molecule has 0 aliphatic rings. The zero-order chi connectivity index (χ0) is 11.5. The summed E-state index contributed by atoms with van der Waals surface area (Å²) in [5, 5.41) is 9.22. The Morgan fingerprint density at radius 1 is 1.19 bits per heavy atom. The second kappa shape index (κ2) is 4.31. The number of nitrogens with zero attached hydrogens (tertiary/aromatic N) is 2. The largest absolute Gasteiger partial charge is 0.508 e. The number of hydrogen-bond acceptors (Lipinski definition) is 3. The van der Waals surface area contributed by atoms with E-state index in [1.54, 1.807) is 12.1 Å². The molecule has 0 unspecified atom stereocenters. The molecule has 3 nitrogen and oxygen atoms in total. The van der Waals surface area contributed by atoms with E-state index in [4.69, 9.17) is 0 Å². The Morgan fingerprint density at radius 2 is 1.88 bits per heavy atom. The Morgan fingerprint density at radius 3 is 2.44 bits per heavy atom. The predicted octanol–water partition coefficient (Wildman–Crippen LogP) is 2.72. The molecule has 0 saturated heterocycles. The van der Waals surface area contributed by atoms with Crippen LogP contribution in [0, 0.1) is 6.92 Å². The van der Waals surface area contributed by atoms with E-state index in [1.807, 2.05) is 32.2 Å². The molecule has 1 heterocycles. The van der Waals surface area contributed by atoms with Crippen molar-refractivity contribution in [3.8, 4) is 16.9 Å². The maximum Gasteiger partial charge on any atom is 0.128 e. The molecule has 1 N–H and O–H groups in total. The number of phenols is 1. The van der Waals surface area contributed by atoms with Crippen LogP contribution in [0.4, 0.5) is 0 Å². The highest BCUT2D eigenvalue weighted by Gasteiger charge is 2.04. The maximum atomic E-state index is 9.22. The molecule has 0 saturated carbocycles. The van der Waals surface area contributed by atoms with Gasteiger partial charge in [0.05, 0.1) is 0 Å². The van der Waals surface area contributed by atoms with Crippen LogP contribution in [-0.4, -0.2) is 15.1 Å². The topological polar surface area (TPSA) is 46.0 Å². The lowest BCUT2D eigenvalue weighted by Crippen LogP contribution is -1.96. The van der Waals surface area contributed by atoms with Gasteiger partial charge in [0.2, 0.25) is 0 Å². The molecule has 0 aliphatic heterocycles. The monoisotopic (exact) mass is 214 g/mol. The second-order valence-electron chi connectivity index (χ2n) is 3.69. The third-order valence-electron chi connectivity index (χ3n) is 2.52. The zero-order valence-corrected chi connectivity index (χ0v) is 9.44. The number of benzene rings is 1. The summed E-state index contributed by atoms with van der Waals surface area (Å²) in [6, 6.07) is 7.07. The lowest BCUT2D eigenvalue weighted by atomic mass is 10.1. The molecule has 2 rings (SSSR count). The number of hydrogen-bond donors (Lipinski definition) is 1. The smallest absolute Gasteiger partial charge is 0.128 e. The highest BCUT2D eigenvalue weighted by atomic mass is 16.3. The van der Waals surface area contributed by atoms with Gasteiger partial charge in [-0.15, -0.1) is 0 Å². The number of phenolic OH excluding ortho intramolecular Hbond substituents is 1. The van der Waals surface area contributed by atoms with Crippen molar-refractivity contribution in [3.63, 3.8) is 0 Å². The van der Waals surface area contributed by atoms with Crippen LogP contribution in [0.5, 0.6) is 5.75 Å². The van der Waals surface area contributed by atoms with Gasteiger partial charge in [-0.3, -0.25) is 0 Å². The molecule has 1 aromatic heterocycles. The second-order valence-corrected chi connectivity index (χ2v) is 3.69. The number of aryl methyl sites for hydroxylation is 2. The maximum absolute atomic E-state index is 9.22. The first-order valence-electron chi connectivity index (χ1n) is 5.32. The van der Waals surface area contributed by atoms with Crippen LogP contribution in [0.3, 0.4) is 0 Å². The highest BCUT2D eigenvalue weighted by molar-refractivity contribution is 5.65. The molecule has 1 aromatic carbocycles. The molecule has 2 aromatic rings. The lowest BCUT2D eigenvalue weighted by Gasteiger charge is -2.06. The van der Waals surface area contributed by atoms with E-state index in [0.29, 0.717) is 0 Å². The van der Waals surface area contributed by atoms with Crippen molar-refractivity contribution in [1.82, 2.24) is 9.97 Å². The van der Waals surface area contributed by atoms with Crippen molar-refractivity contribution < 1.29 is 5.11 Å². The standard InChI is InChI=1S/C13H14N2O/c1-3-13-14-8-12(9(2)15-13)10-4-6-11(16)7-5-10/h4-8,16H,3H2,1-2H3. The minimum absolute atomic E-state index is 0.271. The molecule has 0 atom stereocenters. The van der Waals surface area contributed by atoms with Crippen LogP contribution in [0.2, 0.25) is 0 Å². The van der Waals surface area contributed by atoms with Crippen LogP contribution in [0.25, 0.3) is 11.1 Å². The van der Waals surface area contributed by atoms with Crippen molar-refractivity contribution in [2.75, 3.05) is 0 Å². The van der Waals surface area contributed by atoms with Gasteiger partial charge in [-0.05, 0) is 24.6 Å². The van der Waals surface area contributed by atoms with Gasteiger partial charge in [-0.1, -0.05) is 19.1 Å². The SMILES string of the molecule is CCc1ncc(-c2ccc(O)cc2)c(C)n1. The predicted molar refractivity (Wildman–Crippen MR) is 63.2 cm³/mol. The van der Waals surface area contributed by atoms with Gasteiger partial charge >= 0.3 is 0 Å². The Kier molecular flexibility index (Phi) is 2.86. The third-order valence-corrected chi connectivity index (χ3v) is 2.52. The van der Waals surface area contributed by atoms with Gasteiger partial charge in [0, 0.05) is 23.9 Å². The van der Waals surface area contributed by atoms with Gasteiger partial charge in [0.1, 0.15) is 11.6 Å². The van der Waals surface area contributed by atoms with Crippen LogP contribution in [-0.2, 0) is 6.42 Å². The summed E-state index contributed by atoms with van der Waals surface area (Å²) >= 11 is 0. The number of aromatic nitrogens is 2. The average molecular weight is 214 g/mol. The summed E-state index contributed by atoms with van der Waals surface area (Å²) in [6.45, 7) is 4.01. The molecule has 0 radical (unpaired) electrons. The molecule has 0 spiro atoms. The van der Waals surface area contributed by atoms with Crippen LogP contribution in [0.1, 0.15) is 18.4 Å². The summed E-state index contributed by atoms with van der Waals surface area (Å²) < 4.78 is 0. The third kappa shape index (κ3) is 2.03. The number of rotatable bonds is 2. The first kappa shape index (κ1) is 10.6. The normalized spacial score (nSPS) is 10.4. The van der Waals surface area contributed by atoms with E-state index in [2.05, 4.69) is 9.97 Å². The van der Waals surface area contributed by atoms with Gasteiger partial charge in [-0.25, -0.2) is 9.97 Å². The lowest BCUT2D eigenvalue weighted by molar-refractivity contribution is 0.475. The van der Waals surface area contributed by atoms with E-state index in [9.17, 15) is 5.11 Å². The van der Waals surface area contributed by atoms with E-state index in [-0.39, 0.29) is 5.75 Å². The summed E-state index contributed by atoms with van der Waals surface area (Å²) in [7, 11) is 0. The Bertz CT molecular complexity index is 492. The molecular formula is C13H14N2O. The molecule has 0 fully saturated rings. The van der Waals surface area contributed by atoms with Crippen molar-refractivity contribution in [3.05, 3.63) is 42.0 Å². The zero-order valence-electron chi connectivity index (χ0n) is 9.44.